The van der Waals surface area contributed by atoms with E-state index >= 15 is 0 Å². The quantitative estimate of drug-likeness (QED) is 0.744. The summed E-state index contributed by atoms with van der Waals surface area (Å²) in [6, 6.07) is 0.307. The summed E-state index contributed by atoms with van der Waals surface area (Å²) in [7, 11) is 0. The van der Waals surface area contributed by atoms with Gasteiger partial charge in [-0.3, -0.25) is 4.68 Å². The van der Waals surface area contributed by atoms with E-state index in [-0.39, 0.29) is 5.41 Å². The summed E-state index contributed by atoms with van der Waals surface area (Å²) in [6.45, 7) is 7.45. The van der Waals surface area contributed by atoms with Crippen molar-refractivity contribution in [2.45, 2.75) is 39.3 Å². The van der Waals surface area contributed by atoms with Gasteiger partial charge in [-0.1, -0.05) is 13.8 Å². The molecule has 1 aliphatic rings. The summed E-state index contributed by atoms with van der Waals surface area (Å²) in [5, 5.41) is 4.26. The summed E-state index contributed by atoms with van der Waals surface area (Å²) < 4.78 is 1.95. The molecule has 1 fully saturated rings. The maximum Gasteiger partial charge on any atom is 0.0525 e. The van der Waals surface area contributed by atoms with E-state index in [2.05, 4.69) is 32.1 Å². The van der Waals surface area contributed by atoms with Crippen molar-refractivity contribution in [2.24, 2.45) is 11.1 Å². The van der Waals surface area contributed by atoms with Crippen molar-refractivity contribution in [3.8, 4) is 0 Å². The van der Waals surface area contributed by atoms with E-state index in [1.54, 1.807) is 0 Å². The van der Waals surface area contributed by atoms with Crippen LogP contribution in [-0.2, 0) is 6.54 Å². The molecule has 72 valence electrons. The van der Waals surface area contributed by atoms with Crippen molar-refractivity contribution in [2.75, 3.05) is 0 Å². The lowest BCUT2D eigenvalue weighted by atomic mass is 10.1. The van der Waals surface area contributed by atoms with E-state index in [0.717, 1.165) is 6.54 Å². The Kier molecular flexibility index (Phi) is 1.74. The number of hydrogen-bond acceptors (Lipinski definition) is 2. The van der Waals surface area contributed by atoms with E-state index in [1.807, 2.05) is 10.9 Å². The molecule has 1 heterocycles. The molecule has 0 aromatic carbocycles. The Balaban J connectivity index is 2.19. The first-order valence-electron chi connectivity index (χ1n) is 4.85. The maximum absolute atomic E-state index is 5.99. The fourth-order valence-electron chi connectivity index (χ4n) is 2.03. The molecule has 0 aliphatic heterocycles. The van der Waals surface area contributed by atoms with Crippen LogP contribution in [0.5, 0.6) is 0 Å². The number of nitrogens with two attached hydrogens (primary N) is 1. The predicted octanol–water partition coefficient (Wildman–Crippen LogP) is 1.35. The minimum Gasteiger partial charge on any atom is -0.327 e. The van der Waals surface area contributed by atoms with Gasteiger partial charge in [0.15, 0.2) is 0 Å². The second-order valence-electron chi connectivity index (χ2n) is 4.45. The molecule has 1 saturated carbocycles. The Bertz CT molecular complexity index is 314. The Morgan fingerprint density at radius 2 is 2.23 bits per heavy atom. The van der Waals surface area contributed by atoms with Gasteiger partial charge in [0.05, 0.1) is 6.20 Å². The highest BCUT2D eigenvalue weighted by Gasteiger charge is 2.56. The predicted molar refractivity (Wildman–Crippen MR) is 52.4 cm³/mol. The second-order valence-corrected chi connectivity index (χ2v) is 4.45. The van der Waals surface area contributed by atoms with Crippen LogP contribution >= 0.6 is 0 Å². The highest BCUT2D eigenvalue weighted by Crippen LogP contribution is 2.57. The lowest BCUT2D eigenvalue weighted by molar-refractivity contribution is 0.598. The molecule has 2 N–H and O–H groups in total. The van der Waals surface area contributed by atoms with Crippen LogP contribution in [0, 0.1) is 5.41 Å². The van der Waals surface area contributed by atoms with Gasteiger partial charge in [-0.15, -0.1) is 0 Å². The fourth-order valence-corrected chi connectivity index (χ4v) is 2.03. The number of hydrogen-bond donors (Lipinski definition) is 1. The van der Waals surface area contributed by atoms with Crippen LogP contribution in [0.15, 0.2) is 12.4 Å². The number of rotatable bonds is 2. The highest BCUT2D eigenvalue weighted by molar-refractivity contribution is 5.30. The van der Waals surface area contributed by atoms with Crippen LogP contribution in [0.2, 0.25) is 0 Å². The van der Waals surface area contributed by atoms with Gasteiger partial charge >= 0.3 is 0 Å². The van der Waals surface area contributed by atoms with Crippen LogP contribution in [0.4, 0.5) is 0 Å². The normalized spacial score (nSPS) is 30.5. The average Bonchev–Trinajstić information content (AvgIpc) is 2.55. The second kappa shape index (κ2) is 2.58. The van der Waals surface area contributed by atoms with Crippen molar-refractivity contribution < 1.29 is 0 Å². The molecule has 0 amide bonds. The molecular formula is C10H17N3. The molecule has 0 radical (unpaired) electrons. The zero-order valence-electron chi connectivity index (χ0n) is 8.49. The van der Waals surface area contributed by atoms with Crippen LogP contribution in [-0.4, -0.2) is 15.8 Å². The third-order valence-corrected chi connectivity index (χ3v) is 3.25. The summed E-state index contributed by atoms with van der Waals surface area (Å²) in [5.41, 5.74) is 7.55. The van der Waals surface area contributed by atoms with Gasteiger partial charge in [0.2, 0.25) is 0 Å². The van der Waals surface area contributed by atoms with Crippen molar-refractivity contribution in [3.63, 3.8) is 0 Å². The molecule has 13 heavy (non-hydrogen) atoms. The van der Waals surface area contributed by atoms with Gasteiger partial charge in [-0.2, -0.15) is 5.10 Å². The lowest BCUT2D eigenvalue weighted by Gasteiger charge is -1.97. The first-order chi connectivity index (χ1) is 6.07. The first kappa shape index (κ1) is 8.75. The van der Waals surface area contributed by atoms with Crippen LogP contribution in [0.1, 0.15) is 32.3 Å². The van der Waals surface area contributed by atoms with Crippen molar-refractivity contribution in [3.05, 3.63) is 18.0 Å². The third-order valence-electron chi connectivity index (χ3n) is 3.25. The summed E-state index contributed by atoms with van der Waals surface area (Å²) >= 11 is 0. The van der Waals surface area contributed by atoms with Crippen LogP contribution in [0.25, 0.3) is 0 Å². The monoisotopic (exact) mass is 179 g/mol. The highest BCUT2D eigenvalue weighted by atomic mass is 15.3. The Morgan fingerprint density at radius 1 is 1.62 bits per heavy atom. The molecule has 3 heteroatoms. The van der Waals surface area contributed by atoms with Crippen molar-refractivity contribution >= 4 is 0 Å². The van der Waals surface area contributed by atoms with E-state index in [4.69, 9.17) is 5.73 Å². The average molecular weight is 179 g/mol. The molecular weight excluding hydrogens is 162 g/mol. The minimum absolute atomic E-state index is 0.265. The van der Waals surface area contributed by atoms with Gasteiger partial charge in [-0.05, 0) is 17.9 Å². The van der Waals surface area contributed by atoms with E-state index in [9.17, 15) is 0 Å². The molecule has 3 nitrogen and oxygen atoms in total. The Hall–Kier alpha value is -0.830. The molecule has 1 aromatic rings. The topological polar surface area (TPSA) is 43.8 Å². The number of nitrogens with zero attached hydrogens (tertiary/aromatic N) is 2. The summed E-state index contributed by atoms with van der Waals surface area (Å²) in [6.07, 6.45) is 4.06. The van der Waals surface area contributed by atoms with E-state index < -0.39 is 0 Å². The van der Waals surface area contributed by atoms with Crippen molar-refractivity contribution in [1.82, 2.24) is 9.78 Å². The van der Waals surface area contributed by atoms with E-state index in [1.165, 1.54) is 5.56 Å². The van der Waals surface area contributed by atoms with Gasteiger partial charge in [0.1, 0.15) is 0 Å². The largest absolute Gasteiger partial charge is 0.327 e. The molecule has 2 rings (SSSR count). The Morgan fingerprint density at radius 3 is 2.62 bits per heavy atom. The van der Waals surface area contributed by atoms with Crippen LogP contribution < -0.4 is 5.73 Å². The molecule has 0 spiro atoms. The van der Waals surface area contributed by atoms with Crippen molar-refractivity contribution in [1.29, 1.82) is 0 Å². The third kappa shape index (κ3) is 1.18. The first-order valence-corrected chi connectivity index (χ1v) is 4.85. The molecule has 2 atom stereocenters. The van der Waals surface area contributed by atoms with Crippen LogP contribution in [0.3, 0.4) is 0 Å². The number of aryl methyl sites for hydroxylation is 1. The summed E-state index contributed by atoms with van der Waals surface area (Å²) in [5.74, 6) is 0.507. The van der Waals surface area contributed by atoms with E-state index in [0.29, 0.717) is 12.0 Å². The molecule has 1 aliphatic carbocycles. The SMILES string of the molecule is CCn1cc([C@H]2[C@H](N)C2(C)C)cn1. The standard InChI is InChI=1S/C10H17N3/c1-4-13-6-7(5-12-13)8-9(11)10(8,2)3/h5-6,8-9H,4,11H2,1-3H3/t8-,9-/m0/s1. The summed E-state index contributed by atoms with van der Waals surface area (Å²) in [4.78, 5) is 0. The zero-order chi connectivity index (χ0) is 9.64. The zero-order valence-corrected chi connectivity index (χ0v) is 8.49. The molecule has 0 saturated heterocycles. The van der Waals surface area contributed by atoms with Gasteiger partial charge < -0.3 is 5.73 Å². The van der Waals surface area contributed by atoms with Gasteiger partial charge in [0.25, 0.3) is 0 Å². The molecule has 0 bridgehead atoms. The molecule has 0 unspecified atom stereocenters. The Labute approximate surface area is 78.9 Å². The lowest BCUT2D eigenvalue weighted by Crippen LogP contribution is -2.06. The maximum atomic E-state index is 5.99. The smallest absolute Gasteiger partial charge is 0.0525 e. The van der Waals surface area contributed by atoms with Gasteiger partial charge in [0, 0.05) is 24.7 Å². The minimum atomic E-state index is 0.265. The fraction of sp³-hybridized carbons (Fsp3) is 0.700. The molecule has 1 aromatic heterocycles. The number of aromatic nitrogens is 2. The van der Waals surface area contributed by atoms with Gasteiger partial charge in [-0.25, -0.2) is 0 Å².